The lowest BCUT2D eigenvalue weighted by atomic mass is 10.1. The van der Waals surface area contributed by atoms with Gasteiger partial charge in [0.05, 0.1) is 35.6 Å². The van der Waals surface area contributed by atoms with Crippen LogP contribution in [0.2, 0.25) is 5.02 Å². The van der Waals surface area contributed by atoms with Crippen LogP contribution in [0.3, 0.4) is 0 Å². The Morgan fingerprint density at radius 1 is 1.16 bits per heavy atom. The predicted molar refractivity (Wildman–Crippen MR) is 139 cm³/mol. The fourth-order valence-electron chi connectivity index (χ4n) is 4.14. The molecule has 0 spiro atoms. The minimum absolute atomic E-state index is 0.0440. The van der Waals surface area contributed by atoms with E-state index >= 15 is 0 Å². The summed E-state index contributed by atoms with van der Waals surface area (Å²) in [5, 5.41) is -0.646. The number of aryl methyl sites for hydroxylation is 1. The monoisotopic (exact) mass is 563 g/mol. The number of ether oxygens (including phenoxy) is 1. The summed E-state index contributed by atoms with van der Waals surface area (Å²) in [6.45, 7) is 1.88. The number of hydrogen-bond donors (Lipinski definition) is 0. The number of benzene rings is 2. The molecule has 1 aliphatic rings. The van der Waals surface area contributed by atoms with Gasteiger partial charge in [0.1, 0.15) is 5.75 Å². The van der Waals surface area contributed by atoms with Gasteiger partial charge in [-0.1, -0.05) is 48.0 Å². The number of carbonyl (C=O) groups is 1. The lowest BCUT2D eigenvalue weighted by molar-refractivity contribution is 0.0674. The third kappa shape index (κ3) is 6.28. The van der Waals surface area contributed by atoms with Crippen LogP contribution in [0.5, 0.6) is 5.75 Å². The molecule has 12 heteroatoms. The summed E-state index contributed by atoms with van der Waals surface area (Å²) in [5.74, 6) is -0.621. The van der Waals surface area contributed by atoms with Gasteiger partial charge in [0.2, 0.25) is 15.0 Å². The maximum absolute atomic E-state index is 13.7. The molecule has 1 aliphatic heterocycles. The van der Waals surface area contributed by atoms with Gasteiger partial charge in [-0.15, -0.1) is 0 Å². The van der Waals surface area contributed by atoms with Crippen LogP contribution < -0.4 is 4.74 Å². The number of nitrogens with zero attached hydrogens (tertiary/aromatic N) is 3. The first-order valence-corrected chi connectivity index (χ1v) is 15.3. The molecule has 1 atom stereocenters. The molecule has 9 nitrogen and oxygen atoms in total. The number of rotatable bonds is 8. The maximum Gasteiger partial charge on any atom is 0.274 e. The largest absolute Gasteiger partial charge is 0.497 e. The first kappa shape index (κ1) is 27.0. The zero-order valence-electron chi connectivity index (χ0n) is 20.3. The van der Waals surface area contributed by atoms with Crippen molar-refractivity contribution in [1.29, 1.82) is 0 Å². The zero-order chi connectivity index (χ0) is 26.8. The van der Waals surface area contributed by atoms with E-state index in [1.165, 1.54) is 12.0 Å². The number of amides is 1. The van der Waals surface area contributed by atoms with Gasteiger partial charge in [-0.2, -0.15) is 0 Å². The fraction of sp³-hybridized carbons (Fsp3) is 0.320. The molecule has 1 amide bonds. The van der Waals surface area contributed by atoms with Crippen molar-refractivity contribution in [3.05, 3.63) is 82.1 Å². The predicted octanol–water partition coefficient (Wildman–Crippen LogP) is 3.25. The van der Waals surface area contributed by atoms with E-state index < -0.39 is 36.8 Å². The molecule has 0 radical (unpaired) electrons. The van der Waals surface area contributed by atoms with E-state index in [0.717, 1.165) is 17.3 Å². The third-order valence-electron chi connectivity index (χ3n) is 6.23. The van der Waals surface area contributed by atoms with Crippen LogP contribution >= 0.6 is 11.6 Å². The van der Waals surface area contributed by atoms with Crippen LogP contribution in [-0.4, -0.2) is 62.3 Å². The molecule has 2 heterocycles. The summed E-state index contributed by atoms with van der Waals surface area (Å²) in [6, 6.07) is 13.4. The van der Waals surface area contributed by atoms with Crippen LogP contribution in [0.1, 0.15) is 33.6 Å². The fourth-order valence-corrected chi connectivity index (χ4v) is 7.35. The van der Waals surface area contributed by atoms with E-state index in [0.29, 0.717) is 11.3 Å². The molecule has 0 N–H and O–H groups in total. The molecular formula is C25H26ClN3O6S2. The molecule has 37 heavy (non-hydrogen) atoms. The van der Waals surface area contributed by atoms with E-state index in [1.807, 2.05) is 6.07 Å². The Morgan fingerprint density at radius 3 is 2.49 bits per heavy atom. The Labute approximate surface area is 221 Å². The lowest BCUT2D eigenvalue weighted by Gasteiger charge is -2.28. The van der Waals surface area contributed by atoms with E-state index in [2.05, 4.69) is 9.97 Å². The second-order valence-electron chi connectivity index (χ2n) is 8.87. The summed E-state index contributed by atoms with van der Waals surface area (Å²) in [4.78, 5) is 23.1. The SMILES string of the molecule is COc1ccc(CN(C(=O)c2nc(S(=O)(=O)Cc3ccccc3C)ncc2Cl)C2CCS(=O)(=O)C2)cc1. The van der Waals surface area contributed by atoms with Gasteiger partial charge in [-0.25, -0.2) is 26.8 Å². The highest BCUT2D eigenvalue weighted by molar-refractivity contribution is 7.91. The highest BCUT2D eigenvalue weighted by atomic mass is 35.5. The Bertz CT molecular complexity index is 1530. The normalized spacial score (nSPS) is 16.9. The lowest BCUT2D eigenvalue weighted by Crippen LogP contribution is -2.41. The van der Waals surface area contributed by atoms with Crippen molar-refractivity contribution in [2.45, 2.75) is 36.8 Å². The molecule has 0 bridgehead atoms. The highest BCUT2D eigenvalue weighted by Crippen LogP contribution is 2.26. The van der Waals surface area contributed by atoms with E-state index in [1.54, 1.807) is 49.4 Å². The summed E-state index contributed by atoms with van der Waals surface area (Å²) >= 11 is 6.27. The van der Waals surface area contributed by atoms with Crippen molar-refractivity contribution in [3.63, 3.8) is 0 Å². The maximum atomic E-state index is 13.7. The zero-order valence-corrected chi connectivity index (χ0v) is 22.7. The van der Waals surface area contributed by atoms with E-state index in [9.17, 15) is 21.6 Å². The number of hydrogen-bond acceptors (Lipinski definition) is 8. The standard InChI is InChI=1S/C25H26ClN3O6S2/c1-17-5-3-4-6-19(17)15-37(33,34)25-27-13-22(26)23(28-25)24(30)29(20-11-12-36(31,32)16-20)14-18-7-9-21(35-2)10-8-18/h3-10,13,20H,11-12,14-16H2,1-2H3. The van der Waals surface area contributed by atoms with Crippen molar-refractivity contribution < 1.29 is 26.4 Å². The van der Waals surface area contributed by atoms with E-state index in [-0.39, 0.29) is 40.9 Å². The second-order valence-corrected chi connectivity index (χ2v) is 13.4. The molecule has 2 aromatic carbocycles. The van der Waals surface area contributed by atoms with Crippen LogP contribution in [0.4, 0.5) is 0 Å². The summed E-state index contributed by atoms with van der Waals surface area (Å²) < 4.78 is 55.8. The number of methoxy groups -OCH3 is 1. The molecule has 4 rings (SSSR count). The van der Waals surface area contributed by atoms with Crippen molar-refractivity contribution in [2.75, 3.05) is 18.6 Å². The van der Waals surface area contributed by atoms with Crippen molar-refractivity contribution >= 4 is 37.2 Å². The van der Waals surface area contributed by atoms with Gasteiger partial charge < -0.3 is 9.64 Å². The molecule has 196 valence electrons. The Kier molecular flexibility index (Phi) is 7.86. The Balaban J connectivity index is 1.68. The van der Waals surface area contributed by atoms with E-state index in [4.69, 9.17) is 16.3 Å². The average molecular weight is 564 g/mol. The van der Waals surface area contributed by atoms with Gasteiger partial charge in [0.25, 0.3) is 5.91 Å². The topological polar surface area (TPSA) is 124 Å². The van der Waals surface area contributed by atoms with Crippen LogP contribution in [0.25, 0.3) is 0 Å². The molecule has 1 saturated heterocycles. The molecule has 0 saturated carbocycles. The average Bonchev–Trinajstić information content (AvgIpc) is 3.23. The van der Waals surface area contributed by atoms with Crippen LogP contribution in [0.15, 0.2) is 59.9 Å². The molecule has 0 aliphatic carbocycles. The minimum Gasteiger partial charge on any atom is -0.497 e. The molecule has 1 unspecified atom stereocenters. The Morgan fingerprint density at radius 2 is 1.86 bits per heavy atom. The summed E-state index contributed by atoms with van der Waals surface area (Å²) in [7, 11) is -5.78. The van der Waals surface area contributed by atoms with Gasteiger partial charge >= 0.3 is 0 Å². The summed E-state index contributed by atoms with van der Waals surface area (Å²) in [6.07, 6.45) is 1.34. The van der Waals surface area contributed by atoms with Crippen molar-refractivity contribution in [1.82, 2.24) is 14.9 Å². The molecule has 1 fully saturated rings. The van der Waals surface area contributed by atoms with Crippen LogP contribution in [0, 0.1) is 6.92 Å². The smallest absolute Gasteiger partial charge is 0.274 e. The number of halogens is 1. The van der Waals surface area contributed by atoms with Gasteiger partial charge in [-0.05, 0) is 42.2 Å². The number of aromatic nitrogens is 2. The van der Waals surface area contributed by atoms with Crippen molar-refractivity contribution in [3.8, 4) is 5.75 Å². The van der Waals surface area contributed by atoms with Crippen LogP contribution in [-0.2, 0) is 32.0 Å². The molecular weight excluding hydrogens is 538 g/mol. The second kappa shape index (κ2) is 10.8. The number of sulfone groups is 2. The Hall–Kier alpha value is -3.02. The van der Waals surface area contributed by atoms with Gasteiger partial charge in [-0.3, -0.25) is 4.79 Å². The van der Waals surface area contributed by atoms with Gasteiger partial charge in [0.15, 0.2) is 15.5 Å². The van der Waals surface area contributed by atoms with Crippen molar-refractivity contribution in [2.24, 2.45) is 0 Å². The minimum atomic E-state index is -4.00. The first-order valence-electron chi connectivity index (χ1n) is 11.4. The summed E-state index contributed by atoms with van der Waals surface area (Å²) in [5.41, 5.74) is 1.82. The molecule has 3 aromatic rings. The third-order valence-corrected chi connectivity index (χ3v) is 9.70. The van der Waals surface area contributed by atoms with Gasteiger partial charge in [0, 0.05) is 12.6 Å². The number of carbonyl (C=O) groups excluding carboxylic acids is 1. The molecule has 1 aromatic heterocycles. The highest BCUT2D eigenvalue weighted by Gasteiger charge is 2.36. The quantitative estimate of drug-likeness (QED) is 0.383. The first-order chi connectivity index (χ1) is 17.5.